The zero-order valence-corrected chi connectivity index (χ0v) is 10.4. The number of aromatic nitrogens is 1. The molecule has 0 atom stereocenters. The Balaban J connectivity index is 1.78. The number of anilines is 1. The number of aromatic amines is 1. The van der Waals surface area contributed by atoms with Crippen LogP contribution in [0.1, 0.15) is 11.1 Å². The SMILES string of the molecule is Cc1ccccc1CNc1ccc2[nH]ccc2c1. The predicted molar refractivity (Wildman–Crippen MR) is 76.8 cm³/mol. The second-order valence-corrected chi connectivity index (χ2v) is 4.56. The van der Waals surface area contributed by atoms with Crippen molar-refractivity contribution in [2.75, 3.05) is 5.32 Å². The first-order chi connectivity index (χ1) is 8.83. The van der Waals surface area contributed by atoms with Gasteiger partial charge in [-0.25, -0.2) is 0 Å². The summed E-state index contributed by atoms with van der Waals surface area (Å²) in [4.78, 5) is 3.20. The maximum absolute atomic E-state index is 3.47. The molecule has 0 bridgehead atoms. The first-order valence-corrected chi connectivity index (χ1v) is 6.18. The highest BCUT2D eigenvalue weighted by molar-refractivity contribution is 5.82. The van der Waals surface area contributed by atoms with Gasteiger partial charge < -0.3 is 10.3 Å². The van der Waals surface area contributed by atoms with Gasteiger partial charge in [-0.1, -0.05) is 24.3 Å². The third kappa shape index (κ3) is 2.09. The van der Waals surface area contributed by atoms with Gasteiger partial charge in [0.05, 0.1) is 0 Å². The van der Waals surface area contributed by atoms with Gasteiger partial charge in [0.2, 0.25) is 0 Å². The molecule has 0 aliphatic carbocycles. The zero-order valence-electron chi connectivity index (χ0n) is 10.4. The lowest BCUT2D eigenvalue weighted by molar-refractivity contribution is 1.12. The van der Waals surface area contributed by atoms with Crippen LogP contribution in [0.4, 0.5) is 5.69 Å². The molecule has 3 aromatic rings. The lowest BCUT2D eigenvalue weighted by Gasteiger charge is -2.09. The average molecular weight is 236 g/mol. The number of nitrogens with one attached hydrogen (secondary N) is 2. The minimum atomic E-state index is 0.864. The van der Waals surface area contributed by atoms with Gasteiger partial charge in [0.25, 0.3) is 0 Å². The van der Waals surface area contributed by atoms with Crippen LogP contribution in [0, 0.1) is 6.92 Å². The molecule has 1 aromatic heterocycles. The van der Waals surface area contributed by atoms with Crippen LogP contribution in [0.2, 0.25) is 0 Å². The molecule has 1 heterocycles. The zero-order chi connectivity index (χ0) is 12.4. The van der Waals surface area contributed by atoms with E-state index in [4.69, 9.17) is 0 Å². The standard InChI is InChI=1S/C16H16N2/c1-12-4-2-3-5-14(12)11-18-15-6-7-16-13(10-15)8-9-17-16/h2-10,17-18H,11H2,1H3. The molecule has 0 aliphatic rings. The number of fused-ring (bicyclic) bond motifs is 1. The highest BCUT2D eigenvalue weighted by atomic mass is 14.9. The van der Waals surface area contributed by atoms with Gasteiger partial charge >= 0.3 is 0 Å². The van der Waals surface area contributed by atoms with Crippen molar-refractivity contribution in [3.8, 4) is 0 Å². The van der Waals surface area contributed by atoms with E-state index in [-0.39, 0.29) is 0 Å². The highest BCUT2D eigenvalue weighted by Crippen LogP contribution is 2.18. The molecule has 0 unspecified atom stereocenters. The van der Waals surface area contributed by atoms with E-state index >= 15 is 0 Å². The summed E-state index contributed by atoms with van der Waals surface area (Å²) in [5.74, 6) is 0. The summed E-state index contributed by atoms with van der Waals surface area (Å²) >= 11 is 0. The number of rotatable bonds is 3. The van der Waals surface area contributed by atoms with E-state index in [1.807, 2.05) is 6.20 Å². The number of aryl methyl sites for hydroxylation is 1. The molecule has 90 valence electrons. The van der Waals surface area contributed by atoms with Crippen LogP contribution < -0.4 is 5.32 Å². The van der Waals surface area contributed by atoms with E-state index in [2.05, 4.69) is 65.8 Å². The summed E-state index contributed by atoms with van der Waals surface area (Å²) in [5.41, 5.74) is 5.00. The lowest BCUT2D eigenvalue weighted by atomic mass is 10.1. The van der Waals surface area contributed by atoms with Crippen LogP contribution >= 0.6 is 0 Å². The molecule has 2 heteroatoms. The molecular formula is C16H16N2. The summed E-state index contributed by atoms with van der Waals surface area (Å²) < 4.78 is 0. The minimum Gasteiger partial charge on any atom is -0.381 e. The van der Waals surface area contributed by atoms with Crippen molar-refractivity contribution in [1.82, 2.24) is 4.98 Å². The third-order valence-corrected chi connectivity index (χ3v) is 3.30. The van der Waals surface area contributed by atoms with Crippen molar-refractivity contribution < 1.29 is 0 Å². The lowest BCUT2D eigenvalue weighted by Crippen LogP contribution is -2.00. The topological polar surface area (TPSA) is 27.8 Å². The fourth-order valence-corrected chi connectivity index (χ4v) is 2.17. The fraction of sp³-hybridized carbons (Fsp3) is 0.125. The number of hydrogen-bond acceptors (Lipinski definition) is 1. The van der Waals surface area contributed by atoms with Gasteiger partial charge in [-0.05, 0) is 42.3 Å². The number of benzene rings is 2. The molecule has 2 nitrogen and oxygen atoms in total. The van der Waals surface area contributed by atoms with Crippen LogP contribution in [-0.2, 0) is 6.54 Å². The Morgan fingerprint density at radius 2 is 1.94 bits per heavy atom. The molecule has 0 fully saturated rings. The molecule has 3 rings (SSSR count). The second-order valence-electron chi connectivity index (χ2n) is 4.56. The van der Waals surface area contributed by atoms with Crippen LogP contribution in [0.25, 0.3) is 10.9 Å². The molecule has 0 amide bonds. The number of H-pyrrole nitrogens is 1. The van der Waals surface area contributed by atoms with E-state index in [0.29, 0.717) is 0 Å². The Labute approximate surface area is 107 Å². The van der Waals surface area contributed by atoms with Gasteiger partial charge in [0, 0.05) is 29.3 Å². The largest absolute Gasteiger partial charge is 0.381 e. The number of hydrogen-bond donors (Lipinski definition) is 2. The van der Waals surface area contributed by atoms with Gasteiger partial charge in [-0.3, -0.25) is 0 Å². The molecule has 18 heavy (non-hydrogen) atoms. The molecule has 0 aliphatic heterocycles. The van der Waals surface area contributed by atoms with Crippen LogP contribution in [0.3, 0.4) is 0 Å². The monoisotopic (exact) mass is 236 g/mol. The van der Waals surface area contributed by atoms with Crippen molar-refractivity contribution in [2.24, 2.45) is 0 Å². The Bertz CT molecular complexity index is 667. The van der Waals surface area contributed by atoms with Crippen molar-refractivity contribution in [3.63, 3.8) is 0 Å². The van der Waals surface area contributed by atoms with Crippen molar-refractivity contribution in [1.29, 1.82) is 0 Å². The van der Waals surface area contributed by atoms with Crippen molar-refractivity contribution in [2.45, 2.75) is 13.5 Å². The molecule has 2 N–H and O–H groups in total. The van der Waals surface area contributed by atoms with Crippen LogP contribution in [0.15, 0.2) is 54.7 Å². The first kappa shape index (κ1) is 10.9. The molecule has 0 spiro atoms. The Morgan fingerprint density at radius 3 is 2.83 bits per heavy atom. The maximum atomic E-state index is 3.47. The van der Waals surface area contributed by atoms with Crippen molar-refractivity contribution in [3.05, 3.63) is 65.9 Å². The minimum absolute atomic E-state index is 0.864. The molecule has 0 radical (unpaired) electrons. The summed E-state index contributed by atoms with van der Waals surface area (Å²) in [6.07, 6.45) is 1.97. The van der Waals surface area contributed by atoms with Gasteiger partial charge in [-0.2, -0.15) is 0 Å². The van der Waals surface area contributed by atoms with Crippen LogP contribution in [-0.4, -0.2) is 4.98 Å². The quantitative estimate of drug-likeness (QED) is 0.704. The van der Waals surface area contributed by atoms with E-state index in [1.54, 1.807) is 0 Å². The fourth-order valence-electron chi connectivity index (χ4n) is 2.17. The summed E-state index contributed by atoms with van der Waals surface area (Å²) in [5, 5.41) is 4.71. The smallest absolute Gasteiger partial charge is 0.0455 e. The average Bonchev–Trinajstić information content (AvgIpc) is 2.85. The third-order valence-electron chi connectivity index (χ3n) is 3.30. The van der Waals surface area contributed by atoms with E-state index in [9.17, 15) is 0 Å². The Hall–Kier alpha value is -2.22. The van der Waals surface area contributed by atoms with Crippen molar-refractivity contribution >= 4 is 16.6 Å². The molecule has 0 saturated heterocycles. The Morgan fingerprint density at radius 1 is 1.06 bits per heavy atom. The molecule has 0 saturated carbocycles. The van der Waals surface area contributed by atoms with E-state index < -0.39 is 0 Å². The summed E-state index contributed by atoms with van der Waals surface area (Å²) in [6, 6.07) is 16.9. The van der Waals surface area contributed by atoms with E-state index in [1.165, 1.54) is 22.0 Å². The summed E-state index contributed by atoms with van der Waals surface area (Å²) in [7, 11) is 0. The maximum Gasteiger partial charge on any atom is 0.0455 e. The van der Waals surface area contributed by atoms with Gasteiger partial charge in [0.15, 0.2) is 0 Å². The Kier molecular flexibility index (Phi) is 2.77. The molecular weight excluding hydrogens is 220 g/mol. The normalized spacial score (nSPS) is 10.7. The van der Waals surface area contributed by atoms with Gasteiger partial charge in [-0.15, -0.1) is 0 Å². The summed E-state index contributed by atoms with van der Waals surface area (Å²) in [6.45, 7) is 3.01. The van der Waals surface area contributed by atoms with E-state index in [0.717, 1.165) is 12.2 Å². The second kappa shape index (κ2) is 4.57. The predicted octanol–water partition coefficient (Wildman–Crippen LogP) is 4.09. The van der Waals surface area contributed by atoms with Gasteiger partial charge in [0.1, 0.15) is 0 Å². The van der Waals surface area contributed by atoms with Crippen LogP contribution in [0.5, 0.6) is 0 Å². The molecule has 2 aromatic carbocycles. The first-order valence-electron chi connectivity index (χ1n) is 6.18. The highest BCUT2D eigenvalue weighted by Gasteiger charge is 1.99.